The summed E-state index contributed by atoms with van der Waals surface area (Å²) in [5.41, 5.74) is 1.23. The first-order valence-electron chi connectivity index (χ1n) is 6.33. The Morgan fingerprint density at radius 1 is 1.29 bits per heavy atom. The van der Waals surface area contributed by atoms with Crippen LogP contribution in [0.3, 0.4) is 0 Å². The van der Waals surface area contributed by atoms with Gasteiger partial charge in [-0.05, 0) is 29.8 Å². The minimum atomic E-state index is -0.345. The molecule has 2 aromatic carbocycles. The van der Waals surface area contributed by atoms with Crippen molar-refractivity contribution in [3.8, 4) is 17.2 Å². The molecule has 0 aromatic heterocycles. The zero-order chi connectivity index (χ0) is 14.8. The number of halogens is 2. The Labute approximate surface area is 126 Å². The number of rotatable bonds is 4. The smallest absolute Gasteiger partial charge is 0.231 e. The number of fused-ring (bicyclic) bond motifs is 1. The number of benzene rings is 2. The van der Waals surface area contributed by atoms with Gasteiger partial charge in [-0.2, -0.15) is 0 Å². The molecule has 0 spiro atoms. The highest BCUT2D eigenvalue weighted by Gasteiger charge is 2.18. The molecule has 1 aliphatic heterocycles. The van der Waals surface area contributed by atoms with E-state index in [2.05, 4.69) is 5.32 Å². The van der Waals surface area contributed by atoms with Gasteiger partial charge in [-0.25, -0.2) is 4.39 Å². The quantitative estimate of drug-likeness (QED) is 0.932. The van der Waals surface area contributed by atoms with Gasteiger partial charge in [-0.3, -0.25) is 0 Å². The summed E-state index contributed by atoms with van der Waals surface area (Å²) in [6.45, 7) is 0.566. The van der Waals surface area contributed by atoms with E-state index in [4.69, 9.17) is 25.8 Å². The molecular weight excluding hydrogens is 297 g/mol. The summed E-state index contributed by atoms with van der Waals surface area (Å²) in [7, 11) is 1.54. The predicted molar refractivity (Wildman–Crippen MR) is 77.9 cm³/mol. The van der Waals surface area contributed by atoms with E-state index < -0.39 is 0 Å². The predicted octanol–water partition coefficient (Wildman–Crippen LogP) is 3.83. The first-order chi connectivity index (χ1) is 10.2. The van der Waals surface area contributed by atoms with Gasteiger partial charge in [-0.15, -0.1) is 0 Å². The van der Waals surface area contributed by atoms with Crippen LogP contribution in [0.15, 0.2) is 30.3 Å². The van der Waals surface area contributed by atoms with Crippen LogP contribution >= 0.6 is 11.6 Å². The molecule has 6 heteroatoms. The normalized spacial score (nSPS) is 12.3. The summed E-state index contributed by atoms with van der Waals surface area (Å²) in [5, 5.41) is 3.49. The Morgan fingerprint density at radius 3 is 2.95 bits per heavy atom. The minimum absolute atomic E-state index is 0.163. The van der Waals surface area contributed by atoms with Crippen LogP contribution < -0.4 is 19.5 Å². The molecule has 3 rings (SSSR count). The number of hydrogen-bond donors (Lipinski definition) is 1. The van der Waals surface area contributed by atoms with Gasteiger partial charge < -0.3 is 19.5 Å². The van der Waals surface area contributed by atoms with Crippen LogP contribution in [0.25, 0.3) is 0 Å². The van der Waals surface area contributed by atoms with Crippen LogP contribution in [-0.2, 0) is 6.54 Å². The molecule has 21 heavy (non-hydrogen) atoms. The molecule has 4 nitrogen and oxygen atoms in total. The van der Waals surface area contributed by atoms with E-state index in [0.717, 1.165) is 5.56 Å². The zero-order valence-electron chi connectivity index (χ0n) is 11.3. The molecule has 0 atom stereocenters. The fourth-order valence-electron chi connectivity index (χ4n) is 2.09. The molecule has 0 bridgehead atoms. The summed E-state index contributed by atoms with van der Waals surface area (Å²) in [4.78, 5) is 0. The Balaban J connectivity index is 1.78. The SMILES string of the molecule is COc1ccc(F)c(NCc2cc(Cl)c3c(c2)OCO3)c1. The van der Waals surface area contributed by atoms with Gasteiger partial charge in [0.2, 0.25) is 6.79 Å². The summed E-state index contributed by atoms with van der Waals surface area (Å²) >= 11 is 6.11. The summed E-state index contributed by atoms with van der Waals surface area (Å²) < 4.78 is 29.3. The number of methoxy groups -OCH3 is 1. The summed E-state index contributed by atoms with van der Waals surface area (Å²) in [6.07, 6.45) is 0. The molecule has 0 fully saturated rings. The number of nitrogens with one attached hydrogen (secondary N) is 1. The third kappa shape index (κ3) is 2.83. The van der Waals surface area contributed by atoms with Crippen molar-refractivity contribution in [3.05, 3.63) is 46.7 Å². The van der Waals surface area contributed by atoms with Gasteiger partial charge in [0.25, 0.3) is 0 Å². The fraction of sp³-hybridized carbons (Fsp3) is 0.200. The largest absolute Gasteiger partial charge is 0.497 e. The van der Waals surface area contributed by atoms with Gasteiger partial charge in [-0.1, -0.05) is 11.6 Å². The Bertz CT molecular complexity index is 678. The van der Waals surface area contributed by atoms with E-state index in [0.29, 0.717) is 34.5 Å². The molecule has 0 radical (unpaired) electrons. The third-order valence-corrected chi connectivity index (χ3v) is 3.42. The van der Waals surface area contributed by atoms with Gasteiger partial charge in [0.1, 0.15) is 11.6 Å². The second-order valence-corrected chi connectivity index (χ2v) is 4.92. The summed E-state index contributed by atoms with van der Waals surface area (Å²) in [6, 6.07) is 8.11. The molecule has 1 aliphatic rings. The molecule has 0 unspecified atom stereocenters. The molecule has 0 amide bonds. The topological polar surface area (TPSA) is 39.7 Å². The lowest BCUT2D eigenvalue weighted by molar-refractivity contribution is 0.174. The summed E-state index contributed by atoms with van der Waals surface area (Å²) in [5.74, 6) is 1.39. The van der Waals surface area contributed by atoms with Crippen molar-refractivity contribution < 1.29 is 18.6 Å². The van der Waals surface area contributed by atoms with Crippen LogP contribution in [0.2, 0.25) is 5.02 Å². The van der Waals surface area contributed by atoms with E-state index in [9.17, 15) is 4.39 Å². The lowest BCUT2D eigenvalue weighted by atomic mass is 10.2. The molecule has 0 aliphatic carbocycles. The molecule has 0 saturated heterocycles. The standard InChI is InChI=1S/C15H13ClFNO3/c1-19-10-2-3-12(17)13(6-10)18-7-9-4-11(16)15-14(5-9)20-8-21-15/h2-6,18H,7-8H2,1H3. The maximum atomic E-state index is 13.7. The average Bonchev–Trinajstić information content (AvgIpc) is 2.95. The highest BCUT2D eigenvalue weighted by molar-refractivity contribution is 6.32. The van der Waals surface area contributed by atoms with Crippen LogP contribution in [0.5, 0.6) is 17.2 Å². The Kier molecular flexibility index (Phi) is 3.75. The second-order valence-electron chi connectivity index (χ2n) is 4.51. The Morgan fingerprint density at radius 2 is 2.14 bits per heavy atom. The highest BCUT2D eigenvalue weighted by atomic mass is 35.5. The van der Waals surface area contributed by atoms with Crippen LogP contribution in [0.1, 0.15) is 5.56 Å². The van der Waals surface area contributed by atoms with Crippen molar-refractivity contribution in [1.29, 1.82) is 0 Å². The lowest BCUT2D eigenvalue weighted by Gasteiger charge is -2.10. The minimum Gasteiger partial charge on any atom is -0.497 e. The first-order valence-corrected chi connectivity index (χ1v) is 6.70. The monoisotopic (exact) mass is 309 g/mol. The van der Waals surface area contributed by atoms with Crippen molar-refractivity contribution in [3.63, 3.8) is 0 Å². The van der Waals surface area contributed by atoms with E-state index in [1.807, 2.05) is 6.07 Å². The van der Waals surface area contributed by atoms with Crippen molar-refractivity contribution in [2.75, 3.05) is 19.2 Å². The maximum Gasteiger partial charge on any atom is 0.231 e. The molecule has 0 saturated carbocycles. The fourth-order valence-corrected chi connectivity index (χ4v) is 2.37. The number of hydrogen-bond acceptors (Lipinski definition) is 4. The van der Waals surface area contributed by atoms with Crippen LogP contribution in [-0.4, -0.2) is 13.9 Å². The van der Waals surface area contributed by atoms with Crippen LogP contribution in [0.4, 0.5) is 10.1 Å². The van der Waals surface area contributed by atoms with Gasteiger partial charge in [0.15, 0.2) is 11.5 Å². The second kappa shape index (κ2) is 5.69. The third-order valence-electron chi connectivity index (χ3n) is 3.14. The lowest BCUT2D eigenvalue weighted by Crippen LogP contribution is -2.02. The van der Waals surface area contributed by atoms with Crippen LogP contribution in [0, 0.1) is 5.82 Å². The zero-order valence-corrected chi connectivity index (χ0v) is 12.0. The van der Waals surface area contributed by atoms with Crippen molar-refractivity contribution >= 4 is 17.3 Å². The van der Waals surface area contributed by atoms with E-state index >= 15 is 0 Å². The number of anilines is 1. The molecule has 2 aromatic rings. The number of ether oxygens (including phenoxy) is 3. The highest BCUT2D eigenvalue weighted by Crippen LogP contribution is 2.40. The molecule has 1 heterocycles. The van der Waals surface area contributed by atoms with Gasteiger partial charge in [0.05, 0.1) is 17.8 Å². The average molecular weight is 310 g/mol. The van der Waals surface area contributed by atoms with Gasteiger partial charge in [0, 0.05) is 12.6 Å². The Hall–Kier alpha value is -2.14. The van der Waals surface area contributed by atoms with Crippen molar-refractivity contribution in [1.82, 2.24) is 0 Å². The first kappa shape index (κ1) is 13.8. The molecule has 110 valence electrons. The van der Waals surface area contributed by atoms with Gasteiger partial charge >= 0.3 is 0 Å². The molecule has 1 N–H and O–H groups in total. The maximum absolute atomic E-state index is 13.7. The van der Waals surface area contributed by atoms with Crippen molar-refractivity contribution in [2.45, 2.75) is 6.54 Å². The van der Waals surface area contributed by atoms with E-state index in [-0.39, 0.29) is 12.6 Å². The van der Waals surface area contributed by atoms with Crippen molar-refractivity contribution in [2.24, 2.45) is 0 Å². The van der Waals surface area contributed by atoms with E-state index in [1.54, 1.807) is 18.2 Å². The molecular formula is C15H13ClFNO3. The van der Waals surface area contributed by atoms with E-state index in [1.165, 1.54) is 13.2 Å².